The summed E-state index contributed by atoms with van der Waals surface area (Å²) in [5.74, 6) is -1.37. The Morgan fingerprint density at radius 2 is 1.71 bits per heavy atom. The number of carbonyl (C=O) groups excluding carboxylic acids is 2. The second-order valence-electron chi connectivity index (χ2n) is 5.48. The van der Waals surface area contributed by atoms with E-state index in [1.54, 1.807) is 0 Å². The van der Waals surface area contributed by atoms with Crippen LogP contribution in [-0.2, 0) is 19.5 Å². The summed E-state index contributed by atoms with van der Waals surface area (Å²) in [6.45, 7) is 1.07. The molecule has 1 unspecified atom stereocenters. The van der Waals surface area contributed by atoms with Crippen LogP contribution < -0.4 is 5.73 Å². The number of sulfonamides is 1. The number of carbonyl (C=O) groups is 2. The lowest BCUT2D eigenvalue weighted by Crippen LogP contribution is -2.30. The van der Waals surface area contributed by atoms with E-state index in [-0.39, 0.29) is 21.9 Å². The lowest BCUT2D eigenvalue weighted by atomic mass is 10.1. The molecule has 1 aromatic carbocycles. The normalized spacial score (nSPS) is 18.4. The van der Waals surface area contributed by atoms with Gasteiger partial charge in [-0.05, 0) is 37.1 Å². The fraction of sp³-hybridized carbons (Fsp3) is 0.467. The molecule has 0 spiro atoms. The Morgan fingerprint density at radius 3 is 2.12 bits per heavy atom. The maximum Gasteiger partial charge on any atom is 0.337 e. The minimum absolute atomic E-state index is 0.0338. The van der Waals surface area contributed by atoms with Gasteiger partial charge in [0.15, 0.2) is 0 Å². The molecule has 24 heavy (non-hydrogen) atoms. The Balaban J connectivity index is 2.48. The van der Waals surface area contributed by atoms with E-state index in [0.717, 1.165) is 0 Å². The van der Waals surface area contributed by atoms with Gasteiger partial charge in [0.05, 0.1) is 30.2 Å². The second-order valence-corrected chi connectivity index (χ2v) is 7.42. The molecule has 1 saturated heterocycles. The zero-order valence-electron chi connectivity index (χ0n) is 13.5. The molecule has 0 radical (unpaired) electrons. The van der Waals surface area contributed by atoms with Crippen molar-refractivity contribution in [1.29, 1.82) is 0 Å². The Hall–Kier alpha value is -1.97. The van der Waals surface area contributed by atoms with Crippen LogP contribution >= 0.6 is 0 Å². The van der Waals surface area contributed by atoms with Crippen LogP contribution in [0.5, 0.6) is 0 Å². The Morgan fingerprint density at radius 1 is 1.17 bits per heavy atom. The summed E-state index contributed by atoms with van der Waals surface area (Å²) in [5.41, 5.74) is 5.53. The summed E-state index contributed by atoms with van der Waals surface area (Å²) < 4.78 is 36.1. The summed E-state index contributed by atoms with van der Waals surface area (Å²) in [4.78, 5) is 23.4. The minimum atomic E-state index is -3.85. The van der Waals surface area contributed by atoms with Crippen molar-refractivity contribution in [3.05, 3.63) is 29.3 Å². The first-order valence-electron chi connectivity index (χ1n) is 7.35. The number of benzene rings is 1. The molecule has 1 aliphatic heterocycles. The highest BCUT2D eigenvalue weighted by Crippen LogP contribution is 2.26. The molecule has 1 atom stereocenters. The predicted molar refractivity (Wildman–Crippen MR) is 85.0 cm³/mol. The van der Waals surface area contributed by atoms with Gasteiger partial charge in [0.1, 0.15) is 0 Å². The summed E-state index contributed by atoms with van der Waals surface area (Å²) in [6, 6.07) is 3.64. The van der Waals surface area contributed by atoms with Gasteiger partial charge in [0.25, 0.3) is 0 Å². The van der Waals surface area contributed by atoms with Crippen LogP contribution in [0, 0.1) is 5.92 Å². The molecule has 0 amide bonds. The first-order chi connectivity index (χ1) is 11.3. The van der Waals surface area contributed by atoms with Gasteiger partial charge in [0.2, 0.25) is 10.0 Å². The first-order valence-corrected chi connectivity index (χ1v) is 8.79. The zero-order valence-corrected chi connectivity index (χ0v) is 14.3. The van der Waals surface area contributed by atoms with E-state index in [1.807, 2.05) is 0 Å². The van der Waals surface area contributed by atoms with Crippen LogP contribution in [0.15, 0.2) is 23.1 Å². The lowest BCUT2D eigenvalue weighted by Gasteiger charge is -2.17. The van der Waals surface area contributed by atoms with E-state index in [0.29, 0.717) is 26.1 Å². The second kappa shape index (κ2) is 7.29. The fourth-order valence-electron chi connectivity index (χ4n) is 2.58. The molecule has 0 aliphatic carbocycles. The van der Waals surface area contributed by atoms with Crippen molar-refractivity contribution in [3.63, 3.8) is 0 Å². The smallest absolute Gasteiger partial charge is 0.337 e. The summed E-state index contributed by atoms with van der Waals surface area (Å²) in [5, 5.41) is 0. The lowest BCUT2D eigenvalue weighted by molar-refractivity contribution is 0.0598. The molecular formula is C15H20N2O6S. The number of nitrogens with two attached hydrogens (primary N) is 1. The van der Waals surface area contributed by atoms with Crippen LogP contribution in [0.2, 0.25) is 0 Å². The first kappa shape index (κ1) is 18.4. The topological polar surface area (TPSA) is 116 Å². The monoisotopic (exact) mass is 356 g/mol. The van der Waals surface area contributed by atoms with E-state index in [1.165, 1.54) is 36.7 Å². The van der Waals surface area contributed by atoms with Crippen LogP contribution in [0.1, 0.15) is 27.1 Å². The van der Waals surface area contributed by atoms with E-state index in [9.17, 15) is 18.0 Å². The maximum absolute atomic E-state index is 12.8. The van der Waals surface area contributed by atoms with Crippen LogP contribution in [-0.4, -0.2) is 58.5 Å². The number of hydrogen-bond donors (Lipinski definition) is 1. The molecule has 8 nitrogen and oxygen atoms in total. The maximum atomic E-state index is 12.8. The Bertz CT molecular complexity index is 712. The van der Waals surface area contributed by atoms with Gasteiger partial charge in [-0.3, -0.25) is 0 Å². The predicted octanol–water partition coefficient (Wildman–Crippen LogP) is 0.229. The third kappa shape index (κ3) is 3.58. The number of esters is 2. The number of nitrogens with zero attached hydrogens (tertiary/aromatic N) is 1. The van der Waals surface area contributed by atoms with Crippen molar-refractivity contribution in [2.45, 2.75) is 11.3 Å². The van der Waals surface area contributed by atoms with Crippen LogP contribution in [0.25, 0.3) is 0 Å². The van der Waals surface area contributed by atoms with E-state index in [2.05, 4.69) is 9.47 Å². The number of hydrogen-bond acceptors (Lipinski definition) is 7. The van der Waals surface area contributed by atoms with Gasteiger partial charge >= 0.3 is 11.9 Å². The summed E-state index contributed by atoms with van der Waals surface area (Å²) in [7, 11) is -1.50. The minimum Gasteiger partial charge on any atom is -0.465 e. The molecule has 2 rings (SSSR count). The molecule has 2 N–H and O–H groups in total. The molecule has 9 heteroatoms. The van der Waals surface area contributed by atoms with E-state index in [4.69, 9.17) is 5.73 Å². The highest BCUT2D eigenvalue weighted by atomic mass is 32.2. The largest absolute Gasteiger partial charge is 0.465 e. The molecule has 132 valence electrons. The third-order valence-corrected chi connectivity index (χ3v) is 5.81. The fourth-order valence-corrected chi connectivity index (χ4v) is 4.18. The van der Waals surface area contributed by atoms with Crippen LogP contribution in [0.3, 0.4) is 0 Å². The van der Waals surface area contributed by atoms with Crippen molar-refractivity contribution in [2.75, 3.05) is 33.9 Å². The molecular weight excluding hydrogens is 336 g/mol. The highest BCUT2D eigenvalue weighted by molar-refractivity contribution is 7.89. The number of methoxy groups -OCH3 is 2. The third-order valence-electron chi connectivity index (χ3n) is 3.97. The molecule has 1 fully saturated rings. The summed E-state index contributed by atoms with van der Waals surface area (Å²) in [6.07, 6.45) is 0.677. The quantitative estimate of drug-likeness (QED) is 0.751. The number of rotatable bonds is 5. The molecule has 0 aromatic heterocycles. The van der Waals surface area contributed by atoms with Gasteiger partial charge in [-0.2, -0.15) is 4.31 Å². The van der Waals surface area contributed by atoms with Crippen molar-refractivity contribution in [1.82, 2.24) is 4.31 Å². The Kier molecular flexibility index (Phi) is 5.58. The molecule has 0 bridgehead atoms. The van der Waals surface area contributed by atoms with Crippen molar-refractivity contribution in [2.24, 2.45) is 11.7 Å². The van der Waals surface area contributed by atoms with Gasteiger partial charge in [-0.15, -0.1) is 0 Å². The van der Waals surface area contributed by atoms with Crippen molar-refractivity contribution >= 4 is 22.0 Å². The average Bonchev–Trinajstić information content (AvgIpc) is 3.09. The van der Waals surface area contributed by atoms with Crippen LogP contribution in [0.4, 0.5) is 0 Å². The van der Waals surface area contributed by atoms with Gasteiger partial charge in [0, 0.05) is 13.1 Å². The van der Waals surface area contributed by atoms with Gasteiger partial charge in [-0.1, -0.05) is 0 Å². The molecule has 1 aromatic rings. The standard InChI is InChI=1S/C15H20N2O6S/c1-22-14(18)11-5-12(15(19)23-2)7-13(6-11)24(20,21)17-4-3-10(8-16)9-17/h5-7,10H,3-4,8-9,16H2,1-2H3. The van der Waals surface area contributed by atoms with E-state index < -0.39 is 22.0 Å². The highest BCUT2D eigenvalue weighted by Gasteiger charge is 2.33. The van der Waals surface area contributed by atoms with Gasteiger partial charge in [-0.25, -0.2) is 18.0 Å². The zero-order chi connectivity index (χ0) is 17.9. The van der Waals surface area contributed by atoms with E-state index >= 15 is 0 Å². The molecule has 0 saturated carbocycles. The molecule has 1 heterocycles. The number of ether oxygens (including phenoxy) is 2. The SMILES string of the molecule is COC(=O)c1cc(C(=O)OC)cc(S(=O)(=O)N2CCC(CN)C2)c1. The van der Waals surface area contributed by atoms with Crippen molar-refractivity contribution < 1.29 is 27.5 Å². The van der Waals surface area contributed by atoms with Gasteiger partial charge < -0.3 is 15.2 Å². The average molecular weight is 356 g/mol. The Labute approximate surface area is 140 Å². The molecule has 1 aliphatic rings. The summed E-state index contributed by atoms with van der Waals surface area (Å²) >= 11 is 0. The van der Waals surface area contributed by atoms with Crippen molar-refractivity contribution in [3.8, 4) is 0 Å².